The Bertz CT molecular complexity index is 1180. The van der Waals surface area contributed by atoms with Crippen LogP contribution in [-0.4, -0.2) is 17.2 Å². The van der Waals surface area contributed by atoms with Crippen LogP contribution < -0.4 is 4.90 Å². The molecule has 2 aliphatic heterocycles. The summed E-state index contributed by atoms with van der Waals surface area (Å²) >= 11 is 6.16. The molecule has 1 amide bonds. The molecule has 4 heteroatoms. The highest BCUT2D eigenvalue weighted by molar-refractivity contribution is 6.55. The first-order valence-corrected chi connectivity index (χ1v) is 10.6. The molecule has 0 saturated carbocycles. The predicted molar refractivity (Wildman–Crippen MR) is 123 cm³/mol. The molecule has 5 rings (SSSR count). The summed E-state index contributed by atoms with van der Waals surface area (Å²) in [5.41, 5.74) is 4.98. The van der Waals surface area contributed by atoms with E-state index in [1.165, 1.54) is 5.56 Å². The van der Waals surface area contributed by atoms with Crippen molar-refractivity contribution < 1.29 is 4.79 Å². The van der Waals surface area contributed by atoms with E-state index in [1.807, 2.05) is 59.5 Å². The lowest BCUT2D eigenvalue weighted by Crippen LogP contribution is -2.54. The molecule has 0 radical (unpaired) electrons. The van der Waals surface area contributed by atoms with Gasteiger partial charge in [-0.25, -0.2) is 4.99 Å². The maximum Gasteiger partial charge on any atom is 0.278 e. The van der Waals surface area contributed by atoms with Crippen LogP contribution in [0.4, 0.5) is 11.4 Å². The zero-order valence-corrected chi connectivity index (χ0v) is 18.1. The Labute approximate surface area is 182 Å². The van der Waals surface area contributed by atoms with Crippen molar-refractivity contribution in [3.05, 3.63) is 94.5 Å². The van der Waals surface area contributed by atoms with Crippen LogP contribution in [0.3, 0.4) is 0 Å². The summed E-state index contributed by atoms with van der Waals surface area (Å²) in [4.78, 5) is 20.3. The van der Waals surface area contributed by atoms with Crippen molar-refractivity contribution in [2.45, 2.75) is 38.1 Å². The van der Waals surface area contributed by atoms with E-state index in [4.69, 9.17) is 16.6 Å². The van der Waals surface area contributed by atoms with Crippen LogP contribution in [-0.2, 0) is 10.2 Å². The molecule has 3 nitrogen and oxygen atoms in total. The first-order chi connectivity index (χ1) is 14.3. The summed E-state index contributed by atoms with van der Waals surface area (Å²) < 4.78 is 0. The third-order valence-corrected chi connectivity index (χ3v) is 6.64. The molecular weight excluding hydrogens is 392 g/mol. The van der Waals surface area contributed by atoms with Gasteiger partial charge in [0.1, 0.15) is 5.71 Å². The maximum absolute atomic E-state index is 13.6. The van der Waals surface area contributed by atoms with Crippen LogP contribution in [0.2, 0.25) is 5.02 Å². The molecule has 0 unspecified atom stereocenters. The van der Waals surface area contributed by atoms with Crippen molar-refractivity contribution in [1.29, 1.82) is 0 Å². The SMILES string of the molecule is CC1(C)C[C@@](C)(c2ccc(Cl)cc2)c2cccc3c2N1C(=O)C3=Nc1ccccc1. The molecule has 30 heavy (non-hydrogen) atoms. The van der Waals surface area contributed by atoms with Crippen LogP contribution in [0.5, 0.6) is 0 Å². The smallest absolute Gasteiger partial charge is 0.278 e. The van der Waals surface area contributed by atoms with Crippen molar-refractivity contribution >= 4 is 34.6 Å². The largest absolute Gasteiger partial charge is 0.300 e. The molecule has 2 aliphatic rings. The fourth-order valence-corrected chi connectivity index (χ4v) is 5.30. The monoisotopic (exact) mass is 414 g/mol. The summed E-state index contributed by atoms with van der Waals surface area (Å²) in [6.45, 7) is 6.55. The van der Waals surface area contributed by atoms with E-state index in [0.717, 1.165) is 33.9 Å². The van der Waals surface area contributed by atoms with Gasteiger partial charge in [-0.3, -0.25) is 4.79 Å². The number of carbonyl (C=O) groups excluding carboxylic acids is 1. The molecule has 0 bridgehead atoms. The number of nitrogens with zero attached hydrogens (tertiary/aromatic N) is 2. The number of hydrogen-bond donors (Lipinski definition) is 0. The predicted octanol–water partition coefficient (Wildman–Crippen LogP) is 6.30. The van der Waals surface area contributed by atoms with Crippen molar-refractivity contribution in [3.63, 3.8) is 0 Å². The standard InChI is InChI=1S/C26H23ClN2O/c1-25(2)16-26(3,17-12-14-18(27)15-13-17)21-11-7-10-20-22(24(30)29(25)23(20)21)28-19-8-5-4-6-9-19/h4-15H,16H2,1-3H3/t26-/m0/s1. The summed E-state index contributed by atoms with van der Waals surface area (Å²) in [5.74, 6) is -0.0236. The second-order valence-corrected chi connectivity index (χ2v) is 9.40. The van der Waals surface area contributed by atoms with Crippen LogP contribution in [0, 0.1) is 0 Å². The summed E-state index contributed by atoms with van der Waals surface area (Å²) in [6.07, 6.45) is 0.808. The van der Waals surface area contributed by atoms with Crippen molar-refractivity contribution in [3.8, 4) is 0 Å². The van der Waals surface area contributed by atoms with E-state index in [1.54, 1.807) is 0 Å². The minimum absolute atomic E-state index is 0.0236. The fraction of sp³-hybridized carbons (Fsp3) is 0.231. The molecular formula is C26H23ClN2O. The maximum atomic E-state index is 13.6. The number of halogens is 1. The van der Waals surface area contributed by atoms with Gasteiger partial charge in [-0.1, -0.05) is 67.1 Å². The Morgan fingerprint density at radius 3 is 2.30 bits per heavy atom. The van der Waals surface area contributed by atoms with Crippen molar-refractivity contribution in [2.24, 2.45) is 4.99 Å². The lowest BCUT2D eigenvalue weighted by atomic mass is 9.65. The highest BCUT2D eigenvalue weighted by atomic mass is 35.5. The average molecular weight is 415 g/mol. The zero-order chi connectivity index (χ0) is 21.1. The van der Waals surface area contributed by atoms with Gasteiger partial charge in [-0.15, -0.1) is 0 Å². The third kappa shape index (κ3) is 2.73. The van der Waals surface area contributed by atoms with E-state index in [-0.39, 0.29) is 16.9 Å². The van der Waals surface area contributed by atoms with Gasteiger partial charge in [-0.05, 0) is 55.7 Å². The van der Waals surface area contributed by atoms with Gasteiger partial charge >= 0.3 is 0 Å². The number of aliphatic imine (C=N–C) groups is 1. The number of anilines is 1. The highest BCUT2D eigenvalue weighted by Gasteiger charge is 2.52. The quantitative estimate of drug-likeness (QED) is 0.484. The van der Waals surface area contributed by atoms with E-state index >= 15 is 0 Å². The Balaban J connectivity index is 1.75. The van der Waals surface area contributed by atoms with E-state index in [9.17, 15) is 4.79 Å². The van der Waals surface area contributed by atoms with Crippen LogP contribution in [0.1, 0.15) is 43.9 Å². The summed E-state index contributed by atoms with van der Waals surface area (Å²) in [7, 11) is 0. The summed E-state index contributed by atoms with van der Waals surface area (Å²) in [6, 6.07) is 24.0. The average Bonchev–Trinajstić information content (AvgIpc) is 3.00. The molecule has 3 aromatic carbocycles. The third-order valence-electron chi connectivity index (χ3n) is 6.38. The first-order valence-electron chi connectivity index (χ1n) is 10.2. The van der Waals surface area contributed by atoms with Gasteiger partial charge in [0.05, 0.1) is 11.4 Å². The van der Waals surface area contributed by atoms with Crippen molar-refractivity contribution in [1.82, 2.24) is 0 Å². The minimum atomic E-state index is -0.359. The van der Waals surface area contributed by atoms with Gasteiger partial charge in [0.15, 0.2) is 0 Å². The Morgan fingerprint density at radius 2 is 1.60 bits per heavy atom. The van der Waals surface area contributed by atoms with E-state index in [0.29, 0.717) is 5.71 Å². The molecule has 0 aromatic heterocycles. The first kappa shape index (κ1) is 19.1. The fourth-order valence-electron chi connectivity index (χ4n) is 5.18. The number of benzene rings is 3. The van der Waals surface area contributed by atoms with E-state index < -0.39 is 0 Å². The number of hydrogen-bond acceptors (Lipinski definition) is 2. The zero-order valence-electron chi connectivity index (χ0n) is 17.3. The number of amides is 1. The van der Waals surface area contributed by atoms with Gasteiger partial charge in [0, 0.05) is 21.5 Å². The Kier molecular flexibility index (Phi) is 4.16. The molecule has 150 valence electrons. The lowest BCUT2D eigenvalue weighted by Gasteiger charge is -2.49. The van der Waals surface area contributed by atoms with Gasteiger partial charge < -0.3 is 4.90 Å². The number of carbonyl (C=O) groups is 1. The number of rotatable bonds is 2. The molecule has 3 aromatic rings. The van der Waals surface area contributed by atoms with Crippen LogP contribution >= 0.6 is 11.6 Å². The Hall–Kier alpha value is -2.91. The summed E-state index contributed by atoms with van der Waals surface area (Å²) in [5, 5.41) is 0.727. The molecule has 2 heterocycles. The van der Waals surface area contributed by atoms with Gasteiger partial charge in [-0.2, -0.15) is 0 Å². The second kappa shape index (κ2) is 6.55. The van der Waals surface area contributed by atoms with Gasteiger partial charge in [0.25, 0.3) is 5.91 Å². The molecule has 0 N–H and O–H groups in total. The molecule has 0 saturated heterocycles. The molecule has 0 fully saturated rings. The second-order valence-electron chi connectivity index (χ2n) is 8.97. The molecule has 0 spiro atoms. The molecule has 0 aliphatic carbocycles. The van der Waals surface area contributed by atoms with Crippen molar-refractivity contribution in [2.75, 3.05) is 4.90 Å². The van der Waals surface area contributed by atoms with Gasteiger partial charge in [0.2, 0.25) is 0 Å². The lowest BCUT2D eigenvalue weighted by molar-refractivity contribution is -0.113. The normalized spacial score (nSPS) is 23.0. The van der Waals surface area contributed by atoms with Crippen LogP contribution in [0.15, 0.2) is 77.8 Å². The van der Waals surface area contributed by atoms with E-state index in [2.05, 4.69) is 39.0 Å². The topological polar surface area (TPSA) is 32.7 Å². The molecule has 1 atom stereocenters. The number of para-hydroxylation sites is 2. The Morgan fingerprint density at radius 1 is 0.900 bits per heavy atom. The minimum Gasteiger partial charge on any atom is -0.300 e. The highest BCUT2D eigenvalue weighted by Crippen LogP contribution is 2.54. The van der Waals surface area contributed by atoms with Crippen LogP contribution in [0.25, 0.3) is 0 Å².